The second kappa shape index (κ2) is 7.65. The summed E-state index contributed by atoms with van der Waals surface area (Å²) in [5.74, 6) is -0.454. The fraction of sp³-hybridized carbons (Fsp3) is 0.467. The number of halogens is 4. The molecule has 7 nitrogen and oxygen atoms in total. The van der Waals surface area contributed by atoms with Gasteiger partial charge in [-0.3, -0.25) is 9.48 Å². The largest absolute Gasteiger partial charge is 0.436 e. The van der Waals surface area contributed by atoms with E-state index < -0.39 is 39.4 Å². The molecule has 1 aliphatic heterocycles. The standard InChI is InChI=1S/C15H16ClF3N4O3S2/c1-10-13(16)14(15(17,18)19)20-23(10)9-11(24)21-4-6-22(7-5-21)28(25,26)12-3-2-8-27-12/h2-3,8H,4-7,9H2,1H3. The van der Waals surface area contributed by atoms with Gasteiger partial charge in [0.15, 0.2) is 5.69 Å². The topological polar surface area (TPSA) is 75.5 Å². The summed E-state index contributed by atoms with van der Waals surface area (Å²) in [5, 5.41) is 4.54. The molecule has 154 valence electrons. The van der Waals surface area contributed by atoms with Crippen molar-refractivity contribution in [3.63, 3.8) is 0 Å². The number of piperazine rings is 1. The van der Waals surface area contributed by atoms with Gasteiger partial charge in [-0.1, -0.05) is 17.7 Å². The minimum absolute atomic E-state index is 0.0428. The van der Waals surface area contributed by atoms with Crippen molar-refractivity contribution in [2.45, 2.75) is 23.9 Å². The van der Waals surface area contributed by atoms with Gasteiger partial charge in [-0.25, -0.2) is 8.42 Å². The van der Waals surface area contributed by atoms with E-state index in [0.29, 0.717) is 0 Å². The number of carbonyl (C=O) groups excluding carboxylic acids is 1. The average Bonchev–Trinajstić information content (AvgIpc) is 3.26. The third-order valence-electron chi connectivity index (χ3n) is 4.37. The van der Waals surface area contributed by atoms with E-state index in [2.05, 4.69) is 5.10 Å². The van der Waals surface area contributed by atoms with Crippen LogP contribution in [0.5, 0.6) is 0 Å². The predicted molar refractivity (Wildman–Crippen MR) is 96.6 cm³/mol. The third-order valence-corrected chi connectivity index (χ3v) is 8.09. The molecule has 0 N–H and O–H groups in total. The summed E-state index contributed by atoms with van der Waals surface area (Å²) in [6, 6.07) is 3.16. The van der Waals surface area contributed by atoms with Crippen molar-refractivity contribution in [3.8, 4) is 0 Å². The number of hydrogen-bond acceptors (Lipinski definition) is 5. The van der Waals surface area contributed by atoms with E-state index in [1.165, 1.54) is 22.2 Å². The van der Waals surface area contributed by atoms with Crippen LogP contribution in [0.3, 0.4) is 0 Å². The van der Waals surface area contributed by atoms with Crippen LogP contribution in [0.1, 0.15) is 11.4 Å². The van der Waals surface area contributed by atoms with Crippen molar-refractivity contribution in [2.75, 3.05) is 26.2 Å². The highest BCUT2D eigenvalue weighted by atomic mass is 35.5. The Bertz CT molecular complexity index is 966. The summed E-state index contributed by atoms with van der Waals surface area (Å²) in [6.45, 7) is 1.45. The fourth-order valence-electron chi connectivity index (χ4n) is 2.80. The maximum absolute atomic E-state index is 12.9. The van der Waals surface area contributed by atoms with E-state index in [9.17, 15) is 26.4 Å². The van der Waals surface area contributed by atoms with E-state index in [1.54, 1.807) is 11.4 Å². The second-order valence-corrected chi connectivity index (χ2v) is 9.61. The van der Waals surface area contributed by atoms with Crippen molar-refractivity contribution in [1.82, 2.24) is 19.0 Å². The number of alkyl halides is 3. The Balaban J connectivity index is 1.65. The molecule has 0 unspecified atom stereocenters. The van der Waals surface area contributed by atoms with Crippen LogP contribution in [-0.2, 0) is 27.5 Å². The first-order valence-electron chi connectivity index (χ1n) is 8.13. The maximum Gasteiger partial charge on any atom is 0.436 e. The molecule has 0 spiro atoms. The molecule has 0 aliphatic carbocycles. The first-order chi connectivity index (χ1) is 13.0. The summed E-state index contributed by atoms with van der Waals surface area (Å²) in [7, 11) is -3.60. The van der Waals surface area contributed by atoms with Crippen LogP contribution in [0.15, 0.2) is 21.7 Å². The molecule has 28 heavy (non-hydrogen) atoms. The summed E-state index contributed by atoms with van der Waals surface area (Å²) < 4.78 is 66.1. The molecule has 1 aliphatic rings. The molecule has 3 rings (SSSR count). The highest BCUT2D eigenvalue weighted by Crippen LogP contribution is 2.35. The lowest BCUT2D eigenvalue weighted by Crippen LogP contribution is -2.51. The molecule has 1 fully saturated rings. The van der Waals surface area contributed by atoms with E-state index in [0.717, 1.165) is 16.0 Å². The van der Waals surface area contributed by atoms with Gasteiger partial charge in [-0.15, -0.1) is 11.3 Å². The second-order valence-electron chi connectivity index (χ2n) is 6.12. The maximum atomic E-state index is 12.9. The van der Waals surface area contributed by atoms with Crippen molar-refractivity contribution in [3.05, 3.63) is 33.9 Å². The van der Waals surface area contributed by atoms with Gasteiger partial charge in [0, 0.05) is 26.2 Å². The van der Waals surface area contributed by atoms with Gasteiger partial charge < -0.3 is 4.90 Å². The summed E-state index contributed by atoms with van der Waals surface area (Å²) in [6.07, 6.45) is -4.71. The Morgan fingerprint density at radius 1 is 1.29 bits per heavy atom. The van der Waals surface area contributed by atoms with Crippen molar-refractivity contribution >= 4 is 38.9 Å². The van der Waals surface area contributed by atoms with Gasteiger partial charge >= 0.3 is 6.18 Å². The molecule has 3 heterocycles. The molecular weight excluding hydrogens is 441 g/mol. The zero-order valence-electron chi connectivity index (χ0n) is 14.6. The SMILES string of the molecule is Cc1c(Cl)c(C(F)(F)F)nn1CC(=O)N1CCN(S(=O)(=O)c2cccs2)CC1. The average molecular weight is 457 g/mol. The van der Waals surface area contributed by atoms with Gasteiger partial charge in [0.2, 0.25) is 5.91 Å². The quantitative estimate of drug-likeness (QED) is 0.708. The zero-order chi connectivity index (χ0) is 20.7. The van der Waals surface area contributed by atoms with E-state index in [1.807, 2.05) is 0 Å². The Kier molecular flexibility index (Phi) is 5.76. The summed E-state index contributed by atoms with van der Waals surface area (Å²) >= 11 is 6.80. The number of carbonyl (C=O) groups is 1. The molecule has 2 aromatic rings. The number of nitrogens with zero attached hydrogens (tertiary/aromatic N) is 4. The minimum Gasteiger partial charge on any atom is -0.338 e. The Hall–Kier alpha value is -1.63. The molecule has 0 saturated carbocycles. The summed E-state index contributed by atoms with van der Waals surface area (Å²) in [4.78, 5) is 13.9. The van der Waals surface area contributed by atoms with Crippen LogP contribution >= 0.6 is 22.9 Å². The van der Waals surface area contributed by atoms with Gasteiger partial charge in [0.05, 0.1) is 10.7 Å². The molecule has 13 heteroatoms. The van der Waals surface area contributed by atoms with Crippen LogP contribution in [0.2, 0.25) is 5.02 Å². The lowest BCUT2D eigenvalue weighted by molar-refractivity contribution is -0.142. The first-order valence-corrected chi connectivity index (χ1v) is 10.8. The molecule has 0 bridgehead atoms. The van der Waals surface area contributed by atoms with Crippen molar-refractivity contribution in [2.24, 2.45) is 0 Å². The molecular formula is C15H16ClF3N4O3S2. The smallest absolute Gasteiger partial charge is 0.338 e. The van der Waals surface area contributed by atoms with Gasteiger partial charge in [0.25, 0.3) is 10.0 Å². The van der Waals surface area contributed by atoms with Crippen molar-refractivity contribution < 1.29 is 26.4 Å². The van der Waals surface area contributed by atoms with Crippen LogP contribution in [0.25, 0.3) is 0 Å². The minimum atomic E-state index is -4.71. The Morgan fingerprint density at radius 2 is 1.93 bits per heavy atom. The molecule has 0 atom stereocenters. The number of hydrogen-bond donors (Lipinski definition) is 0. The number of rotatable bonds is 4. The van der Waals surface area contributed by atoms with Gasteiger partial charge in [-0.05, 0) is 18.4 Å². The van der Waals surface area contributed by atoms with Crippen LogP contribution < -0.4 is 0 Å². The lowest BCUT2D eigenvalue weighted by Gasteiger charge is -2.33. The highest BCUT2D eigenvalue weighted by molar-refractivity contribution is 7.91. The van der Waals surface area contributed by atoms with Crippen LogP contribution in [0.4, 0.5) is 13.2 Å². The van der Waals surface area contributed by atoms with E-state index in [4.69, 9.17) is 11.6 Å². The Morgan fingerprint density at radius 3 is 2.43 bits per heavy atom. The molecule has 1 saturated heterocycles. The number of thiophene rings is 1. The van der Waals surface area contributed by atoms with Gasteiger partial charge in [0.1, 0.15) is 10.8 Å². The van der Waals surface area contributed by atoms with E-state index in [-0.39, 0.29) is 36.1 Å². The summed E-state index contributed by atoms with van der Waals surface area (Å²) in [5.41, 5.74) is -1.19. The Labute approximate surface area is 168 Å². The number of aromatic nitrogens is 2. The molecule has 0 aromatic carbocycles. The normalized spacial score (nSPS) is 16.5. The zero-order valence-corrected chi connectivity index (χ0v) is 17.0. The van der Waals surface area contributed by atoms with Crippen LogP contribution in [-0.4, -0.2) is 59.5 Å². The molecule has 0 radical (unpaired) electrons. The third kappa shape index (κ3) is 4.04. The monoisotopic (exact) mass is 456 g/mol. The lowest BCUT2D eigenvalue weighted by atomic mass is 10.3. The highest BCUT2D eigenvalue weighted by Gasteiger charge is 2.38. The van der Waals surface area contributed by atoms with Crippen LogP contribution in [0, 0.1) is 6.92 Å². The van der Waals surface area contributed by atoms with Crippen molar-refractivity contribution in [1.29, 1.82) is 0 Å². The van der Waals surface area contributed by atoms with E-state index >= 15 is 0 Å². The fourth-order valence-corrected chi connectivity index (χ4v) is 5.61. The number of amides is 1. The predicted octanol–water partition coefficient (Wildman–Crippen LogP) is 2.46. The number of sulfonamides is 1. The van der Waals surface area contributed by atoms with Gasteiger partial charge in [-0.2, -0.15) is 22.6 Å². The molecule has 2 aromatic heterocycles. The first kappa shape index (κ1) is 21.1. The molecule has 1 amide bonds.